The summed E-state index contributed by atoms with van der Waals surface area (Å²) in [4.78, 5) is 11.7. The second kappa shape index (κ2) is 6.12. The molecule has 0 fully saturated rings. The molecule has 1 rings (SSSR count). The van der Waals surface area contributed by atoms with E-state index in [4.69, 9.17) is 4.55 Å². The van der Waals surface area contributed by atoms with Crippen LogP contribution in [0.4, 0.5) is 0 Å². The van der Waals surface area contributed by atoms with E-state index in [0.29, 0.717) is 10.0 Å². The molecule has 0 saturated carbocycles. The van der Waals surface area contributed by atoms with Crippen LogP contribution in [0.2, 0.25) is 0 Å². The molecule has 0 aliphatic heterocycles. The van der Waals surface area contributed by atoms with E-state index in [1.54, 1.807) is 12.1 Å². The van der Waals surface area contributed by atoms with Crippen LogP contribution in [0.1, 0.15) is 10.4 Å². The number of nitrogens with one attached hydrogen (secondary N) is 1. The van der Waals surface area contributed by atoms with Gasteiger partial charge >= 0.3 is 0 Å². The highest BCUT2D eigenvalue weighted by atomic mass is 127. The fraction of sp³-hybridized carbons (Fsp3) is 0.222. The van der Waals surface area contributed by atoms with Gasteiger partial charge in [0.2, 0.25) is 0 Å². The summed E-state index contributed by atoms with van der Waals surface area (Å²) in [5.41, 5.74) is 0.423. The molecular formula is C9H9BrINO4S. The lowest BCUT2D eigenvalue weighted by molar-refractivity contribution is 0.0955. The molecule has 2 N–H and O–H groups in total. The predicted molar refractivity (Wildman–Crippen MR) is 75.6 cm³/mol. The maximum absolute atomic E-state index is 11.7. The lowest BCUT2D eigenvalue weighted by Crippen LogP contribution is -2.29. The third-order valence-corrected chi connectivity index (χ3v) is 3.90. The maximum atomic E-state index is 11.7. The zero-order valence-corrected chi connectivity index (χ0v) is 13.0. The molecule has 0 aromatic heterocycles. The molecule has 0 unspecified atom stereocenters. The van der Waals surface area contributed by atoms with Gasteiger partial charge < -0.3 is 5.32 Å². The minimum atomic E-state index is -4.05. The number of benzene rings is 1. The van der Waals surface area contributed by atoms with E-state index >= 15 is 0 Å². The maximum Gasteiger partial charge on any atom is 0.266 e. The largest absolute Gasteiger partial charge is 0.351 e. The van der Waals surface area contributed by atoms with Gasteiger partial charge in [-0.1, -0.05) is 0 Å². The first-order valence-corrected chi connectivity index (χ1v) is 7.96. The lowest BCUT2D eigenvalue weighted by atomic mass is 10.2. The summed E-state index contributed by atoms with van der Waals surface area (Å²) in [6, 6.07) is 5.24. The molecule has 0 aliphatic rings. The van der Waals surface area contributed by atoms with Gasteiger partial charge in [0.05, 0.1) is 11.3 Å². The monoisotopic (exact) mass is 433 g/mol. The van der Waals surface area contributed by atoms with Gasteiger partial charge in [0.15, 0.2) is 0 Å². The Hall–Kier alpha value is -0.190. The second-order valence-electron chi connectivity index (χ2n) is 3.17. The fourth-order valence-electron chi connectivity index (χ4n) is 1.06. The van der Waals surface area contributed by atoms with E-state index in [0.717, 1.165) is 3.57 Å². The highest BCUT2D eigenvalue weighted by molar-refractivity contribution is 14.1. The molecule has 0 saturated heterocycles. The van der Waals surface area contributed by atoms with Crippen LogP contribution < -0.4 is 5.32 Å². The van der Waals surface area contributed by atoms with Gasteiger partial charge in [-0.05, 0) is 56.7 Å². The van der Waals surface area contributed by atoms with Crippen molar-refractivity contribution in [2.45, 2.75) is 0 Å². The van der Waals surface area contributed by atoms with E-state index < -0.39 is 15.9 Å². The average molecular weight is 434 g/mol. The van der Waals surface area contributed by atoms with Gasteiger partial charge in [0.1, 0.15) is 0 Å². The first-order chi connectivity index (χ1) is 7.79. The zero-order chi connectivity index (χ0) is 13.1. The Labute approximate surface area is 121 Å². The number of hydrogen-bond donors (Lipinski definition) is 2. The van der Waals surface area contributed by atoms with E-state index in [2.05, 4.69) is 43.8 Å². The Kier molecular flexibility index (Phi) is 5.35. The van der Waals surface area contributed by atoms with Crippen LogP contribution in [-0.2, 0) is 10.1 Å². The van der Waals surface area contributed by atoms with Gasteiger partial charge in [0.25, 0.3) is 16.0 Å². The SMILES string of the molecule is O=C(NCCS(=O)(=O)O)c1cc(I)ccc1Br. The van der Waals surface area contributed by atoms with E-state index in [9.17, 15) is 13.2 Å². The van der Waals surface area contributed by atoms with Crippen molar-refractivity contribution in [2.75, 3.05) is 12.3 Å². The summed E-state index contributed by atoms with van der Waals surface area (Å²) >= 11 is 5.30. The van der Waals surface area contributed by atoms with Crippen molar-refractivity contribution in [1.82, 2.24) is 5.32 Å². The first kappa shape index (κ1) is 14.9. The number of amides is 1. The Morgan fingerprint density at radius 2 is 2.12 bits per heavy atom. The van der Waals surface area contributed by atoms with Crippen LogP contribution in [0.25, 0.3) is 0 Å². The zero-order valence-electron chi connectivity index (χ0n) is 8.48. The quantitative estimate of drug-likeness (QED) is 0.558. The normalized spacial score (nSPS) is 11.2. The molecule has 0 spiro atoms. The summed E-state index contributed by atoms with van der Waals surface area (Å²) in [5, 5.41) is 2.41. The molecular weight excluding hydrogens is 425 g/mol. The smallest absolute Gasteiger partial charge is 0.266 e. The summed E-state index contributed by atoms with van der Waals surface area (Å²) in [5.74, 6) is -0.889. The highest BCUT2D eigenvalue weighted by Crippen LogP contribution is 2.19. The van der Waals surface area contributed by atoms with Gasteiger partial charge in [0, 0.05) is 14.6 Å². The number of carbonyl (C=O) groups excluding carboxylic acids is 1. The summed E-state index contributed by atoms with van der Waals surface area (Å²) in [7, 11) is -4.05. The molecule has 1 amide bonds. The third kappa shape index (κ3) is 5.32. The van der Waals surface area contributed by atoms with Gasteiger partial charge in [-0.15, -0.1) is 0 Å². The standard InChI is InChI=1S/C9H9BrINO4S/c10-8-2-1-6(11)5-7(8)9(13)12-3-4-17(14,15)16/h1-2,5H,3-4H2,(H,12,13)(H,14,15,16). The second-order valence-corrected chi connectivity index (χ2v) is 6.84. The van der Waals surface area contributed by atoms with E-state index in [-0.39, 0.29) is 12.5 Å². The van der Waals surface area contributed by atoms with Crippen LogP contribution >= 0.6 is 38.5 Å². The molecule has 0 radical (unpaired) electrons. The Morgan fingerprint density at radius 3 is 2.71 bits per heavy atom. The first-order valence-electron chi connectivity index (χ1n) is 4.48. The highest BCUT2D eigenvalue weighted by Gasteiger charge is 2.11. The van der Waals surface area contributed by atoms with Crippen LogP contribution in [0.3, 0.4) is 0 Å². The van der Waals surface area contributed by atoms with Crippen LogP contribution in [0, 0.1) is 3.57 Å². The lowest BCUT2D eigenvalue weighted by Gasteiger charge is -2.06. The van der Waals surface area contributed by atoms with Crippen molar-refractivity contribution >= 4 is 54.5 Å². The van der Waals surface area contributed by atoms with E-state index in [1.165, 1.54) is 0 Å². The molecule has 94 valence electrons. The Morgan fingerprint density at radius 1 is 1.47 bits per heavy atom. The van der Waals surface area contributed by atoms with Crippen molar-refractivity contribution in [3.05, 3.63) is 31.8 Å². The number of rotatable bonds is 4. The van der Waals surface area contributed by atoms with Crippen molar-refractivity contribution in [3.63, 3.8) is 0 Å². The van der Waals surface area contributed by atoms with Gasteiger partial charge in [-0.25, -0.2) is 0 Å². The summed E-state index contributed by atoms with van der Waals surface area (Å²) in [6.45, 7) is -0.129. The van der Waals surface area contributed by atoms with Crippen molar-refractivity contribution in [3.8, 4) is 0 Å². The number of hydrogen-bond acceptors (Lipinski definition) is 3. The Bertz CT molecular complexity index is 532. The van der Waals surface area contributed by atoms with Gasteiger partial charge in [-0.3, -0.25) is 9.35 Å². The van der Waals surface area contributed by atoms with Crippen LogP contribution in [0.15, 0.2) is 22.7 Å². The van der Waals surface area contributed by atoms with Gasteiger partial charge in [-0.2, -0.15) is 8.42 Å². The molecule has 0 atom stereocenters. The minimum absolute atomic E-state index is 0.129. The topological polar surface area (TPSA) is 83.5 Å². The molecule has 0 heterocycles. The summed E-state index contributed by atoms with van der Waals surface area (Å²) in [6.07, 6.45) is 0. The van der Waals surface area contributed by atoms with Crippen LogP contribution in [-0.4, -0.2) is 31.2 Å². The van der Waals surface area contributed by atoms with Crippen molar-refractivity contribution < 1.29 is 17.8 Å². The number of halogens is 2. The minimum Gasteiger partial charge on any atom is -0.351 e. The third-order valence-electron chi connectivity index (χ3n) is 1.82. The molecule has 0 aliphatic carbocycles. The molecule has 8 heteroatoms. The molecule has 0 bridgehead atoms. The summed E-state index contributed by atoms with van der Waals surface area (Å²) < 4.78 is 31.0. The van der Waals surface area contributed by atoms with Crippen LogP contribution in [0.5, 0.6) is 0 Å². The van der Waals surface area contributed by atoms with Crippen molar-refractivity contribution in [2.24, 2.45) is 0 Å². The molecule has 17 heavy (non-hydrogen) atoms. The molecule has 1 aromatic carbocycles. The fourth-order valence-corrected chi connectivity index (χ4v) is 2.34. The average Bonchev–Trinajstić information content (AvgIpc) is 2.19. The van der Waals surface area contributed by atoms with Crippen molar-refractivity contribution in [1.29, 1.82) is 0 Å². The van der Waals surface area contributed by atoms with E-state index in [1.807, 2.05) is 6.07 Å². The molecule has 5 nitrogen and oxygen atoms in total. The molecule has 1 aromatic rings. The number of carbonyl (C=O) groups is 1. The predicted octanol–water partition coefficient (Wildman–Crippen LogP) is 1.67. The Balaban J connectivity index is 2.67.